The molecule has 0 saturated carbocycles. The summed E-state index contributed by atoms with van der Waals surface area (Å²) in [6.45, 7) is 6.30. The Morgan fingerprint density at radius 1 is 1.44 bits per heavy atom. The zero-order valence-electron chi connectivity index (χ0n) is 11.0. The molecule has 1 aromatic rings. The molecule has 1 atom stereocenters. The lowest BCUT2D eigenvalue weighted by atomic mass is 10.2. The Bertz CT molecular complexity index is 428. The van der Waals surface area contributed by atoms with Gasteiger partial charge in [0.15, 0.2) is 0 Å². The highest BCUT2D eigenvalue weighted by Gasteiger charge is 2.19. The maximum absolute atomic E-state index is 11.8. The highest BCUT2D eigenvalue weighted by atomic mass is 16.5. The van der Waals surface area contributed by atoms with Crippen LogP contribution in [-0.4, -0.2) is 40.3 Å². The molecule has 0 fully saturated rings. The van der Waals surface area contributed by atoms with E-state index in [0.29, 0.717) is 12.5 Å². The minimum absolute atomic E-state index is 0.0546. The third-order valence-corrected chi connectivity index (χ3v) is 2.34. The fraction of sp³-hybridized carbons (Fsp3) is 0.636. The van der Waals surface area contributed by atoms with Crippen LogP contribution < -0.4 is 5.32 Å². The third kappa shape index (κ3) is 3.54. The van der Waals surface area contributed by atoms with E-state index in [2.05, 4.69) is 20.1 Å². The number of esters is 1. The number of ether oxygens (including phenoxy) is 1. The summed E-state index contributed by atoms with van der Waals surface area (Å²) in [5, 5.41) is 6.69. The van der Waals surface area contributed by atoms with E-state index >= 15 is 0 Å². The molecule has 100 valence electrons. The van der Waals surface area contributed by atoms with Crippen molar-refractivity contribution in [2.45, 2.75) is 26.8 Å². The summed E-state index contributed by atoms with van der Waals surface area (Å²) in [5.41, 5.74) is 0. The molecule has 1 unspecified atom stereocenters. The van der Waals surface area contributed by atoms with Gasteiger partial charge in [0.2, 0.25) is 5.91 Å². The van der Waals surface area contributed by atoms with Crippen LogP contribution in [-0.2, 0) is 9.53 Å². The van der Waals surface area contributed by atoms with Gasteiger partial charge in [-0.25, -0.2) is 14.5 Å². The van der Waals surface area contributed by atoms with E-state index in [1.54, 1.807) is 6.92 Å². The third-order valence-electron chi connectivity index (χ3n) is 2.34. The minimum Gasteiger partial charge on any atom is -0.463 e. The number of aromatic nitrogens is 3. The summed E-state index contributed by atoms with van der Waals surface area (Å²) in [7, 11) is 1.25. The summed E-state index contributed by atoms with van der Waals surface area (Å²) < 4.78 is 5.83. The molecule has 7 nitrogen and oxygen atoms in total. The second-order valence-electron chi connectivity index (χ2n) is 4.35. The van der Waals surface area contributed by atoms with Gasteiger partial charge in [0, 0.05) is 6.54 Å². The monoisotopic (exact) mass is 254 g/mol. The molecule has 7 heteroatoms. The molecular formula is C11H18N4O3. The lowest BCUT2D eigenvalue weighted by Crippen LogP contribution is -2.33. The SMILES string of the molecule is COC(=O)c1ncn(C(C)C(=O)NCC(C)C)n1. The van der Waals surface area contributed by atoms with Crippen molar-refractivity contribution < 1.29 is 14.3 Å². The Kier molecular flexibility index (Phi) is 4.82. The summed E-state index contributed by atoms with van der Waals surface area (Å²) >= 11 is 0. The molecular weight excluding hydrogens is 236 g/mol. The van der Waals surface area contributed by atoms with E-state index in [1.165, 1.54) is 18.1 Å². The number of hydrogen-bond acceptors (Lipinski definition) is 5. The smallest absolute Gasteiger partial charge is 0.377 e. The van der Waals surface area contributed by atoms with Crippen LogP contribution in [0.5, 0.6) is 0 Å². The molecule has 0 bridgehead atoms. The lowest BCUT2D eigenvalue weighted by Gasteiger charge is -2.13. The van der Waals surface area contributed by atoms with Crippen molar-refractivity contribution in [3.05, 3.63) is 12.2 Å². The molecule has 1 heterocycles. The molecule has 0 aliphatic carbocycles. The number of hydrogen-bond donors (Lipinski definition) is 1. The van der Waals surface area contributed by atoms with Gasteiger partial charge >= 0.3 is 5.97 Å². The molecule has 0 radical (unpaired) electrons. The van der Waals surface area contributed by atoms with Crippen molar-refractivity contribution >= 4 is 11.9 Å². The maximum atomic E-state index is 11.8. The van der Waals surface area contributed by atoms with Crippen molar-refractivity contribution in [2.24, 2.45) is 5.92 Å². The molecule has 1 amide bonds. The van der Waals surface area contributed by atoms with E-state index in [-0.39, 0.29) is 11.7 Å². The van der Waals surface area contributed by atoms with Crippen LogP contribution in [0.15, 0.2) is 6.33 Å². The number of carbonyl (C=O) groups is 2. The average Bonchev–Trinajstić information content (AvgIpc) is 2.83. The molecule has 0 saturated heterocycles. The standard InChI is InChI=1S/C11H18N4O3/c1-7(2)5-12-10(16)8(3)15-6-13-9(14-15)11(17)18-4/h6-8H,5H2,1-4H3,(H,12,16). The van der Waals surface area contributed by atoms with Gasteiger partial charge in [-0.1, -0.05) is 13.8 Å². The number of carbonyl (C=O) groups excluding carboxylic acids is 2. The van der Waals surface area contributed by atoms with Crippen LogP contribution in [0.4, 0.5) is 0 Å². The fourth-order valence-corrected chi connectivity index (χ4v) is 1.22. The number of nitrogens with one attached hydrogen (secondary N) is 1. The first kappa shape index (κ1) is 14.1. The van der Waals surface area contributed by atoms with Crippen LogP contribution in [0.3, 0.4) is 0 Å². The molecule has 1 N–H and O–H groups in total. The first-order valence-corrected chi connectivity index (χ1v) is 5.72. The van der Waals surface area contributed by atoms with Gasteiger partial charge < -0.3 is 10.1 Å². The van der Waals surface area contributed by atoms with Gasteiger partial charge in [0.25, 0.3) is 5.82 Å². The first-order chi connectivity index (χ1) is 8.45. The van der Waals surface area contributed by atoms with Crippen LogP contribution in [0.2, 0.25) is 0 Å². The van der Waals surface area contributed by atoms with Gasteiger partial charge in [-0.05, 0) is 12.8 Å². The fourth-order valence-electron chi connectivity index (χ4n) is 1.22. The molecule has 18 heavy (non-hydrogen) atoms. The lowest BCUT2D eigenvalue weighted by molar-refractivity contribution is -0.124. The summed E-state index contributed by atoms with van der Waals surface area (Å²) in [6.07, 6.45) is 1.34. The second kappa shape index (κ2) is 6.13. The van der Waals surface area contributed by atoms with E-state index in [0.717, 1.165) is 0 Å². The number of amides is 1. The number of rotatable bonds is 5. The molecule has 0 aliphatic heterocycles. The molecule has 0 aliphatic rings. The molecule has 1 aromatic heterocycles. The predicted octanol–water partition coefficient (Wildman–Crippen LogP) is 0.398. The topological polar surface area (TPSA) is 86.1 Å². The van der Waals surface area contributed by atoms with Crippen LogP contribution >= 0.6 is 0 Å². The Hall–Kier alpha value is -1.92. The van der Waals surface area contributed by atoms with Gasteiger partial charge in [-0.2, -0.15) is 0 Å². The maximum Gasteiger partial charge on any atom is 0.377 e. The van der Waals surface area contributed by atoms with E-state index < -0.39 is 12.0 Å². The molecule has 0 spiro atoms. The van der Waals surface area contributed by atoms with Crippen molar-refractivity contribution in [3.63, 3.8) is 0 Å². The van der Waals surface area contributed by atoms with E-state index in [4.69, 9.17) is 0 Å². The number of nitrogens with zero attached hydrogens (tertiary/aromatic N) is 3. The van der Waals surface area contributed by atoms with Crippen molar-refractivity contribution in [1.82, 2.24) is 20.1 Å². The van der Waals surface area contributed by atoms with Gasteiger partial charge in [-0.3, -0.25) is 4.79 Å². The summed E-state index contributed by atoms with van der Waals surface area (Å²) in [4.78, 5) is 26.7. The Morgan fingerprint density at radius 2 is 2.11 bits per heavy atom. The highest BCUT2D eigenvalue weighted by molar-refractivity contribution is 5.85. The summed E-state index contributed by atoms with van der Waals surface area (Å²) in [6, 6.07) is -0.519. The predicted molar refractivity (Wildman–Crippen MR) is 63.9 cm³/mol. The van der Waals surface area contributed by atoms with Crippen LogP contribution in [0.25, 0.3) is 0 Å². The molecule has 0 aromatic carbocycles. The second-order valence-corrected chi connectivity index (χ2v) is 4.35. The molecule has 1 rings (SSSR count). The summed E-state index contributed by atoms with van der Waals surface area (Å²) in [5.74, 6) is -0.461. The quantitative estimate of drug-likeness (QED) is 0.768. The Morgan fingerprint density at radius 3 is 2.67 bits per heavy atom. The van der Waals surface area contributed by atoms with E-state index in [1.807, 2.05) is 13.8 Å². The first-order valence-electron chi connectivity index (χ1n) is 5.72. The average molecular weight is 254 g/mol. The van der Waals surface area contributed by atoms with Crippen LogP contribution in [0, 0.1) is 5.92 Å². The van der Waals surface area contributed by atoms with E-state index in [9.17, 15) is 9.59 Å². The zero-order chi connectivity index (χ0) is 13.7. The van der Waals surface area contributed by atoms with Gasteiger partial charge in [-0.15, -0.1) is 5.10 Å². The largest absolute Gasteiger partial charge is 0.463 e. The number of methoxy groups -OCH3 is 1. The Labute approximate surface area is 106 Å². The Balaban J connectivity index is 2.66. The van der Waals surface area contributed by atoms with Crippen molar-refractivity contribution in [2.75, 3.05) is 13.7 Å². The highest BCUT2D eigenvalue weighted by Crippen LogP contribution is 2.04. The van der Waals surface area contributed by atoms with Gasteiger partial charge in [0.05, 0.1) is 7.11 Å². The van der Waals surface area contributed by atoms with Gasteiger partial charge in [0.1, 0.15) is 12.4 Å². The van der Waals surface area contributed by atoms with Crippen LogP contribution in [0.1, 0.15) is 37.4 Å². The normalized spacial score (nSPS) is 12.3. The zero-order valence-corrected chi connectivity index (χ0v) is 11.0. The minimum atomic E-state index is -0.622. The van der Waals surface area contributed by atoms with Crippen molar-refractivity contribution in [3.8, 4) is 0 Å². The van der Waals surface area contributed by atoms with Crippen molar-refractivity contribution in [1.29, 1.82) is 0 Å².